The SMILES string of the molecule is Cc1ccc(C(C)(C)C)c(Oc2ccccc2[C@H](C)O)c1. The van der Waals surface area contributed by atoms with Gasteiger partial charge in [-0.1, -0.05) is 51.1 Å². The Morgan fingerprint density at radius 2 is 1.67 bits per heavy atom. The van der Waals surface area contributed by atoms with Crippen molar-refractivity contribution in [1.29, 1.82) is 0 Å². The predicted octanol–water partition coefficient (Wildman–Crippen LogP) is 5.14. The molecule has 0 aromatic heterocycles. The third-order valence-electron chi connectivity index (χ3n) is 3.53. The lowest BCUT2D eigenvalue weighted by Crippen LogP contribution is -2.13. The molecule has 0 saturated carbocycles. The average Bonchev–Trinajstić information content (AvgIpc) is 2.37. The molecular formula is C19H24O2. The van der Waals surface area contributed by atoms with Crippen molar-refractivity contribution in [3.8, 4) is 11.5 Å². The van der Waals surface area contributed by atoms with Crippen molar-refractivity contribution in [3.63, 3.8) is 0 Å². The number of aliphatic hydroxyl groups excluding tert-OH is 1. The van der Waals surface area contributed by atoms with Crippen LogP contribution in [0.15, 0.2) is 42.5 Å². The zero-order valence-electron chi connectivity index (χ0n) is 13.5. The van der Waals surface area contributed by atoms with Crippen LogP contribution in [0.25, 0.3) is 0 Å². The van der Waals surface area contributed by atoms with Crippen molar-refractivity contribution in [2.45, 2.75) is 46.1 Å². The molecule has 0 aliphatic heterocycles. The lowest BCUT2D eigenvalue weighted by Gasteiger charge is -2.24. The van der Waals surface area contributed by atoms with Crippen LogP contribution in [0.4, 0.5) is 0 Å². The molecule has 2 heteroatoms. The van der Waals surface area contributed by atoms with Gasteiger partial charge in [0.05, 0.1) is 6.10 Å². The van der Waals surface area contributed by atoms with Crippen molar-refractivity contribution in [2.75, 3.05) is 0 Å². The second kappa shape index (κ2) is 5.90. The topological polar surface area (TPSA) is 29.5 Å². The maximum Gasteiger partial charge on any atom is 0.133 e. The molecule has 0 unspecified atom stereocenters. The van der Waals surface area contributed by atoms with Gasteiger partial charge in [-0.05, 0) is 37.0 Å². The summed E-state index contributed by atoms with van der Waals surface area (Å²) in [7, 11) is 0. The molecule has 0 bridgehead atoms. The molecule has 0 aliphatic rings. The molecule has 2 rings (SSSR count). The predicted molar refractivity (Wildman–Crippen MR) is 87.0 cm³/mol. The van der Waals surface area contributed by atoms with Crippen LogP contribution in [0.2, 0.25) is 0 Å². The summed E-state index contributed by atoms with van der Waals surface area (Å²) in [6.07, 6.45) is -0.552. The lowest BCUT2D eigenvalue weighted by atomic mass is 9.86. The number of rotatable bonds is 3. The minimum atomic E-state index is -0.552. The normalized spacial score (nSPS) is 13.0. The quantitative estimate of drug-likeness (QED) is 0.845. The minimum Gasteiger partial charge on any atom is -0.457 e. The molecule has 0 fully saturated rings. The molecule has 2 aromatic carbocycles. The summed E-state index contributed by atoms with van der Waals surface area (Å²) in [5, 5.41) is 9.89. The monoisotopic (exact) mass is 284 g/mol. The largest absolute Gasteiger partial charge is 0.457 e. The maximum absolute atomic E-state index is 9.89. The molecule has 1 atom stereocenters. The average molecular weight is 284 g/mol. The van der Waals surface area contributed by atoms with E-state index in [1.807, 2.05) is 24.3 Å². The van der Waals surface area contributed by atoms with Crippen LogP contribution < -0.4 is 4.74 Å². The van der Waals surface area contributed by atoms with E-state index in [4.69, 9.17) is 4.74 Å². The number of ether oxygens (including phenoxy) is 1. The number of para-hydroxylation sites is 1. The first-order valence-electron chi connectivity index (χ1n) is 7.35. The number of aryl methyl sites for hydroxylation is 1. The van der Waals surface area contributed by atoms with Crippen molar-refractivity contribution < 1.29 is 9.84 Å². The first kappa shape index (κ1) is 15.6. The molecule has 0 heterocycles. The highest BCUT2D eigenvalue weighted by Gasteiger charge is 2.20. The summed E-state index contributed by atoms with van der Waals surface area (Å²) < 4.78 is 6.15. The van der Waals surface area contributed by atoms with E-state index in [1.54, 1.807) is 6.92 Å². The van der Waals surface area contributed by atoms with Crippen LogP contribution in [0, 0.1) is 6.92 Å². The summed E-state index contributed by atoms with van der Waals surface area (Å²) in [6.45, 7) is 10.3. The Bertz CT molecular complexity index is 622. The lowest BCUT2D eigenvalue weighted by molar-refractivity contribution is 0.195. The second-order valence-corrected chi connectivity index (χ2v) is 6.57. The van der Waals surface area contributed by atoms with Crippen LogP contribution >= 0.6 is 0 Å². The van der Waals surface area contributed by atoms with Crippen LogP contribution in [0.5, 0.6) is 11.5 Å². The summed E-state index contributed by atoms with van der Waals surface area (Å²) >= 11 is 0. The number of aliphatic hydroxyl groups is 1. The fraction of sp³-hybridized carbons (Fsp3) is 0.368. The third kappa shape index (κ3) is 3.64. The van der Waals surface area contributed by atoms with Gasteiger partial charge in [0.25, 0.3) is 0 Å². The van der Waals surface area contributed by atoms with E-state index in [-0.39, 0.29) is 5.41 Å². The molecule has 2 nitrogen and oxygen atoms in total. The van der Waals surface area contributed by atoms with Crippen LogP contribution in [-0.2, 0) is 5.41 Å². The molecule has 0 spiro atoms. The van der Waals surface area contributed by atoms with E-state index in [0.717, 1.165) is 22.4 Å². The minimum absolute atomic E-state index is 0.00279. The first-order chi connectivity index (χ1) is 9.79. The van der Waals surface area contributed by atoms with E-state index in [0.29, 0.717) is 5.75 Å². The zero-order valence-corrected chi connectivity index (χ0v) is 13.5. The van der Waals surface area contributed by atoms with E-state index >= 15 is 0 Å². The number of benzene rings is 2. The fourth-order valence-electron chi connectivity index (χ4n) is 2.37. The molecule has 0 saturated heterocycles. The molecule has 0 amide bonds. The summed E-state index contributed by atoms with van der Waals surface area (Å²) in [4.78, 5) is 0. The van der Waals surface area contributed by atoms with Gasteiger partial charge in [0.2, 0.25) is 0 Å². The zero-order chi connectivity index (χ0) is 15.6. The Morgan fingerprint density at radius 3 is 2.29 bits per heavy atom. The standard InChI is InChI=1S/C19H24O2/c1-13-10-11-16(19(3,4)5)18(12-13)21-17-9-7-6-8-15(17)14(2)20/h6-12,14,20H,1-5H3/t14-/m0/s1. The van der Waals surface area contributed by atoms with E-state index in [9.17, 15) is 5.11 Å². The smallest absolute Gasteiger partial charge is 0.133 e. The number of hydrogen-bond donors (Lipinski definition) is 1. The van der Waals surface area contributed by atoms with Gasteiger partial charge < -0.3 is 9.84 Å². The van der Waals surface area contributed by atoms with Gasteiger partial charge in [-0.2, -0.15) is 0 Å². The van der Waals surface area contributed by atoms with Gasteiger partial charge >= 0.3 is 0 Å². The van der Waals surface area contributed by atoms with Crippen LogP contribution in [0.3, 0.4) is 0 Å². The molecule has 0 radical (unpaired) electrons. The maximum atomic E-state index is 9.89. The van der Waals surface area contributed by atoms with Crippen molar-refractivity contribution >= 4 is 0 Å². The Morgan fingerprint density at radius 1 is 1.00 bits per heavy atom. The molecular weight excluding hydrogens is 260 g/mol. The van der Waals surface area contributed by atoms with E-state index in [2.05, 4.69) is 45.9 Å². The second-order valence-electron chi connectivity index (χ2n) is 6.57. The third-order valence-corrected chi connectivity index (χ3v) is 3.53. The highest BCUT2D eigenvalue weighted by atomic mass is 16.5. The molecule has 1 N–H and O–H groups in total. The Kier molecular flexibility index (Phi) is 4.38. The summed E-state index contributed by atoms with van der Waals surface area (Å²) in [5.41, 5.74) is 3.13. The van der Waals surface area contributed by atoms with Crippen LogP contribution in [0.1, 0.15) is 50.5 Å². The molecule has 112 valence electrons. The molecule has 0 aliphatic carbocycles. The summed E-state index contributed by atoms with van der Waals surface area (Å²) in [5.74, 6) is 1.57. The van der Waals surface area contributed by atoms with Crippen molar-refractivity contribution in [1.82, 2.24) is 0 Å². The van der Waals surface area contributed by atoms with E-state index < -0.39 is 6.10 Å². The Hall–Kier alpha value is -1.80. The van der Waals surface area contributed by atoms with Gasteiger partial charge in [0.15, 0.2) is 0 Å². The molecule has 21 heavy (non-hydrogen) atoms. The fourth-order valence-corrected chi connectivity index (χ4v) is 2.37. The highest BCUT2D eigenvalue weighted by molar-refractivity contribution is 5.46. The highest BCUT2D eigenvalue weighted by Crippen LogP contribution is 2.37. The van der Waals surface area contributed by atoms with Crippen LogP contribution in [-0.4, -0.2) is 5.11 Å². The molecule has 2 aromatic rings. The van der Waals surface area contributed by atoms with Gasteiger partial charge in [-0.25, -0.2) is 0 Å². The van der Waals surface area contributed by atoms with Gasteiger partial charge in [-0.15, -0.1) is 0 Å². The Labute approximate surface area is 127 Å². The van der Waals surface area contributed by atoms with Gasteiger partial charge in [0.1, 0.15) is 11.5 Å². The van der Waals surface area contributed by atoms with Gasteiger partial charge in [-0.3, -0.25) is 0 Å². The van der Waals surface area contributed by atoms with Crippen molar-refractivity contribution in [2.24, 2.45) is 0 Å². The number of hydrogen-bond acceptors (Lipinski definition) is 2. The Balaban J connectivity index is 2.47. The van der Waals surface area contributed by atoms with E-state index in [1.165, 1.54) is 0 Å². The first-order valence-corrected chi connectivity index (χ1v) is 7.35. The van der Waals surface area contributed by atoms with Gasteiger partial charge in [0, 0.05) is 11.1 Å². The summed E-state index contributed by atoms with van der Waals surface area (Å²) in [6, 6.07) is 13.9. The van der Waals surface area contributed by atoms with Crippen molar-refractivity contribution in [3.05, 3.63) is 59.2 Å².